The monoisotopic (exact) mass is 192 g/mol. The van der Waals surface area contributed by atoms with E-state index in [1.54, 1.807) is 0 Å². The minimum absolute atomic E-state index is 0. The first-order valence-corrected chi connectivity index (χ1v) is 3.26. The molecule has 0 spiro atoms. The number of pyridine rings is 1. The number of para-hydroxylation sites is 1. The minimum atomic E-state index is 0. The predicted molar refractivity (Wildman–Crippen MR) is 54.7 cm³/mol. The van der Waals surface area contributed by atoms with Crippen LogP contribution >= 0.6 is 12.4 Å². The number of hydrogen-bond donors (Lipinski definition) is 0. The first-order valence-electron chi connectivity index (χ1n) is 3.26. The zero-order chi connectivity index (χ0) is 6.81. The van der Waals surface area contributed by atoms with Gasteiger partial charge in [-0.05, 0) is 12.1 Å². The molecule has 0 fully saturated rings. The van der Waals surface area contributed by atoms with Crippen LogP contribution in [0, 0.1) is 0 Å². The summed E-state index contributed by atoms with van der Waals surface area (Å²) < 4.78 is 0. The molecule has 0 atom stereocenters. The van der Waals surface area contributed by atoms with Crippen LogP contribution < -0.4 is 0 Å². The SMILES string of the molecule is Cl.[Al].c1ccc2ncccc2c1. The fraction of sp³-hybridized carbons (Fsp3) is 0. The third kappa shape index (κ3) is 2.22. The van der Waals surface area contributed by atoms with E-state index >= 15 is 0 Å². The van der Waals surface area contributed by atoms with Crippen molar-refractivity contribution in [2.45, 2.75) is 0 Å². The molecule has 0 amide bonds. The summed E-state index contributed by atoms with van der Waals surface area (Å²) in [5.74, 6) is 0. The van der Waals surface area contributed by atoms with Gasteiger partial charge in [-0.25, -0.2) is 0 Å². The maximum absolute atomic E-state index is 4.18. The van der Waals surface area contributed by atoms with Gasteiger partial charge < -0.3 is 0 Å². The van der Waals surface area contributed by atoms with Gasteiger partial charge in [0.2, 0.25) is 0 Å². The van der Waals surface area contributed by atoms with Gasteiger partial charge in [-0.2, -0.15) is 0 Å². The van der Waals surface area contributed by atoms with Crippen molar-refractivity contribution in [3.63, 3.8) is 0 Å². The Kier molecular flexibility index (Phi) is 4.93. The lowest BCUT2D eigenvalue weighted by Gasteiger charge is -1.91. The molecule has 3 radical (unpaired) electrons. The highest BCUT2D eigenvalue weighted by molar-refractivity contribution is 5.85. The normalized spacial score (nSPS) is 8.33. The van der Waals surface area contributed by atoms with Crippen LogP contribution in [0.4, 0.5) is 0 Å². The second kappa shape index (κ2) is 5.16. The van der Waals surface area contributed by atoms with E-state index in [1.807, 2.05) is 30.5 Å². The Hall–Kier alpha value is -0.548. The molecule has 3 heteroatoms. The number of nitrogens with zero attached hydrogens (tertiary/aromatic N) is 1. The van der Waals surface area contributed by atoms with Gasteiger partial charge >= 0.3 is 0 Å². The maximum Gasteiger partial charge on any atom is 0.0701 e. The van der Waals surface area contributed by atoms with Crippen LogP contribution in [0.1, 0.15) is 0 Å². The average Bonchev–Trinajstić information content (AvgIpc) is 2.05. The first-order chi connectivity index (χ1) is 4.97. The minimum Gasteiger partial charge on any atom is -0.256 e. The molecule has 2 rings (SSSR count). The van der Waals surface area contributed by atoms with Crippen LogP contribution in [-0.2, 0) is 0 Å². The van der Waals surface area contributed by atoms with Gasteiger partial charge in [0.1, 0.15) is 0 Å². The van der Waals surface area contributed by atoms with Crippen molar-refractivity contribution in [3.8, 4) is 0 Å². The molecule has 1 aromatic heterocycles. The predicted octanol–water partition coefficient (Wildman–Crippen LogP) is 2.28. The summed E-state index contributed by atoms with van der Waals surface area (Å²) in [7, 11) is 0. The van der Waals surface area contributed by atoms with Crippen molar-refractivity contribution in [2.24, 2.45) is 0 Å². The topological polar surface area (TPSA) is 12.9 Å². The van der Waals surface area contributed by atoms with Crippen LogP contribution in [0.3, 0.4) is 0 Å². The standard InChI is InChI=1S/C9H7N.Al.ClH/c1-2-6-9-8(4-1)5-3-7-10-9;;/h1-7H;;1H. The number of halogens is 1. The molecule has 0 unspecified atom stereocenters. The summed E-state index contributed by atoms with van der Waals surface area (Å²) in [4.78, 5) is 4.18. The van der Waals surface area contributed by atoms with E-state index in [9.17, 15) is 0 Å². The average molecular weight is 193 g/mol. The van der Waals surface area contributed by atoms with Gasteiger partial charge in [-0.3, -0.25) is 4.98 Å². The molecule has 2 aromatic rings. The molecular weight excluding hydrogens is 185 g/mol. The van der Waals surface area contributed by atoms with Gasteiger partial charge in [-0.15, -0.1) is 12.4 Å². The van der Waals surface area contributed by atoms with Crippen LogP contribution in [-0.4, -0.2) is 22.3 Å². The van der Waals surface area contributed by atoms with Gasteiger partial charge in [0, 0.05) is 28.9 Å². The first kappa shape index (κ1) is 11.5. The van der Waals surface area contributed by atoms with Crippen molar-refractivity contribution in [1.82, 2.24) is 4.98 Å². The van der Waals surface area contributed by atoms with Crippen molar-refractivity contribution < 1.29 is 0 Å². The van der Waals surface area contributed by atoms with Crippen LogP contribution in [0.2, 0.25) is 0 Å². The molecule has 0 N–H and O–H groups in total. The summed E-state index contributed by atoms with van der Waals surface area (Å²) in [6.07, 6.45) is 1.81. The molecule has 59 valence electrons. The summed E-state index contributed by atoms with van der Waals surface area (Å²) in [6.45, 7) is 0. The molecule has 0 aliphatic rings. The third-order valence-corrected chi connectivity index (χ3v) is 1.51. The van der Waals surface area contributed by atoms with Crippen molar-refractivity contribution in [1.29, 1.82) is 0 Å². The van der Waals surface area contributed by atoms with E-state index in [1.165, 1.54) is 5.39 Å². The largest absolute Gasteiger partial charge is 0.256 e. The lowest BCUT2D eigenvalue weighted by molar-refractivity contribution is 1.41. The van der Waals surface area contributed by atoms with Gasteiger partial charge in [0.15, 0.2) is 0 Å². The summed E-state index contributed by atoms with van der Waals surface area (Å²) in [6, 6.07) is 12.1. The number of hydrogen-bond acceptors (Lipinski definition) is 1. The van der Waals surface area contributed by atoms with Crippen molar-refractivity contribution >= 4 is 40.7 Å². The van der Waals surface area contributed by atoms with E-state index in [4.69, 9.17) is 0 Å². The smallest absolute Gasteiger partial charge is 0.0701 e. The fourth-order valence-corrected chi connectivity index (χ4v) is 1.02. The van der Waals surface area contributed by atoms with E-state index in [2.05, 4.69) is 17.1 Å². The summed E-state index contributed by atoms with van der Waals surface area (Å²) in [5, 5.41) is 1.20. The molecular formula is C9H8AlClN. The molecule has 1 nitrogen and oxygen atoms in total. The second-order valence-electron chi connectivity index (χ2n) is 2.20. The quantitative estimate of drug-likeness (QED) is 0.584. The molecule has 0 saturated carbocycles. The van der Waals surface area contributed by atoms with E-state index in [0.29, 0.717) is 0 Å². The highest BCUT2D eigenvalue weighted by Crippen LogP contribution is 2.07. The Bertz CT molecular complexity index is 286. The maximum atomic E-state index is 4.18. The van der Waals surface area contributed by atoms with Crippen LogP contribution in [0.5, 0.6) is 0 Å². The van der Waals surface area contributed by atoms with Crippen LogP contribution in [0.15, 0.2) is 42.6 Å². The number of benzene rings is 1. The second-order valence-corrected chi connectivity index (χ2v) is 2.20. The number of rotatable bonds is 0. The van der Waals surface area contributed by atoms with E-state index < -0.39 is 0 Å². The summed E-state index contributed by atoms with van der Waals surface area (Å²) >= 11 is 0. The highest BCUT2D eigenvalue weighted by atomic mass is 35.5. The number of aromatic nitrogens is 1. The zero-order valence-corrected chi connectivity index (χ0v) is 8.45. The Morgan fingerprint density at radius 2 is 1.58 bits per heavy atom. The third-order valence-electron chi connectivity index (χ3n) is 1.51. The highest BCUT2D eigenvalue weighted by Gasteiger charge is 1.86. The molecule has 1 heterocycles. The molecule has 0 bridgehead atoms. The Morgan fingerprint density at radius 3 is 2.33 bits per heavy atom. The zero-order valence-electron chi connectivity index (χ0n) is 6.47. The van der Waals surface area contributed by atoms with Gasteiger partial charge in [-0.1, -0.05) is 24.3 Å². The number of fused-ring (bicyclic) bond motifs is 1. The lowest BCUT2D eigenvalue weighted by Crippen LogP contribution is -1.73. The molecule has 0 saturated heterocycles. The summed E-state index contributed by atoms with van der Waals surface area (Å²) in [5.41, 5.74) is 1.06. The lowest BCUT2D eigenvalue weighted by atomic mass is 10.2. The van der Waals surface area contributed by atoms with E-state index in [0.717, 1.165) is 5.52 Å². The van der Waals surface area contributed by atoms with Crippen molar-refractivity contribution in [3.05, 3.63) is 42.6 Å². The van der Waals surface area contributed by atoms with E-state index in [-0.39, 0.29) is 29.8 Å². The van der Waals surface area contributed by atoms with Gasteiger partial charge in [0.05, 0.1) is 5.52 Å². The Morgan fingerprint density at radius 1 is 0.917 bits per heavy atom. The molecule has 0 aliphatic heterocycles. The van der Waals surface area contributed by atoms with Crippen LogP contribution in [0.25, 0.3) is 10.9 Å². The Labute approximate surface area is 88.4 Å². The molecule has 0 aliphatic carbocycles. The molecule has 1 aromatic carbocycles. The Balaban J connectivity index is 0.000000605. The molecule has 12 heavy (non-hydrogen) atoms. The fourth-order valence-electron chi connectivity index (χ4n) is 1.02. The van der Waals surface area contributed by atoms with Gasteiger partial charge in [0.25, 0.3) is 0 Å². The van der Waals surface area contributed by atoms with Crippen molar-refractivity contribution in [2.75, 3.05) is 0 Å².